The van der Waals surface area contributed by atoms with Gasteiger partial charge in [-0.05, 0) is 76.2 Å². The number of nitrogens with zero attached hydrogens (tertiary/aromatic N) is 2. The summed E-state index contributed by atoms with van der Waals surface area (Å²) in [6.45, 7) is 10.5. The quantitative estimate of drug-likeness (QED) is 0.577. The van der Waals surface area contributed by atoms with Crippen LogP contribution in [0.25, 0.3) is 0 Å². The molecule has 29 heavy (non-hydrogen) atoms. The normalized spacial score (nSPS) is 10.2. The molecule has 2 amide bonds. The van der Waals surface area contributed by atoms with Crippen molar-refractivity contribution in [2.24, 2.45) is 0 Å². The summed E-state index contributed by atoms with van der Waals surface area (Å²) in [6, 6.07) is 13.8. The molecule has 0 spiro atoms. The summed E-state index contributed by atoms with van der Waals surface area (Å²) in [5.74, 6) is 1.13. The van der Waals surface area contributed by atoms with E-state index in [0.717, 1.165) is 0 Å². The highest BCUT2D eigenvalue weighted by Crippen LogP contribution is 2.16. The number of amides is 2. The highest BCUT2D eigenvalue weighted by molar-refractivity contribution is 6.20. The van der Waals surface area contributed by atoms with Crippen LogP contribution in [0.3, 0.4) is 0 Å². The number of benzene rings is 2. The topological polar surface area (TPSA) is 59.1 Å². The number of hydrogen-bond donors (Lipinski definition) is 0. The van der Waals surface area contributed by atoms with Gasteiger partial charge in [0.05, 0.1) is 0 Å². The van der Waals surface area contributed by atoms with E-state index in [9.17, 15) is 9.59 Å². The molecule has 0 aromatic heterocycles. The van der Waals surface area contributed by atoms with Crippen molar-refractivity contribution in [3.8, 4) is 11.5 Å². The molecule has 0 saturated heterocycles. The number of rotatable bonds is 10. The van der Waals surface area contributed by atoms with Crippen molar-refractivity contribution in [2.45, 2.75) is 27.7 Å². The Morgan fingerprint density at radius 3 is 1.24 bits per heavy atom. The maximum absolute atomic E-state index is 12.3. The molecule has 0 atom stereocenters. The minimum Gasteiger partial charge on any atom is -0.526 e. The van der Waals surface area contributed by atoms with Gasteiger partial charge in [0.1, 0.15) is 11.5 Å². The third-order valence-corrected chi connectivity index (χ3v) is 4.67. The van der Waals surface area contributed by atoms with E-state index in [0.29, 0.717) is 48.8 Å². The second kappa shape index (κ2) is 11.1. The van der Waals surface area contributed by atoms with Crippen LogP contribution in [-0.2, 0) is 0 Å². The highest BCUT2D eigenvalue weighted by atomic mass is 16.6. The lowest BCUT2D eigenvalue weighted by Crippen LogP contribution is -2.30. The molecule has 0 fully saturated rings. The molecule has 153 valence electrons. The van der Waals surface area contributed by atoms with Gasteiger partial charge in [-0.2, -0.15) is 0 Å². The Kier molecular flexibility index (Phi) is 8.58. The van der Waals surface area contributed by atoms with Crippen LogP contribution in [0.1, 0.15) is 48.4 Å². The van der Waals surface area contributed by atoms with Gasteiger partial charge < -0.3 is 19.1 Å². The largest absolute Gasteiger partial charge is 0.658 e. The van der Waals surface area contributed by atoms with Crippen LogP contribution in [0.4, 0.5) is 0 Å². The van der Waals surface area contributed by atoms with Gasteiger partial charge >= 0.3 is 7.69 Å². The summed E-state index contributed by atoms with van der Waals surface area (Å²) in [5, 5.41) is 0. The molecule has 0 bridgehead atoms. The van der Waals surface area contributed by atoms with Crippen LogP contribution in [0.2, 0.25) is 0 Å². The molecule has 0 aliphatic rings. The summed E-state index contributed by atoms with van der Waals surface area (Å²) in [7, 11) is 1.22. The van der Waals surface area contributed by atoms with Crippen molar-refractivity contribution in [3.63, 3.8) is 0 Å². The lowest BCUT2D eigenvalue weighted by atomic mass is 10.1. The third kappa shape index (κ3) is 6.01. The van der Waals surface area contributed by atoms with E-state index < -0.39 is 0 Å². The van der Waals surface area contributed by atoms with E-state index in [2.05, 4.69) is 0 Å². The summed E-state index contributed by atoms with van der Waals surface area (Å²) in [4.78, 5) is 28.1. The molecule has 0 saturated carbocycles. The summed E-state index contributed by atoms with van der Waals surface area (Å²) in [6.07, 6.45) is 0. The number of carbonyl (C=O) groups excluding carboxylic acids is 2. The fourth-order valence-corrected chi connectivity index (χ4v) is 2.87. The smallest absolute Gasteiger partial charge is 0.526 e. The molecule has 2 aromatic rings. The van der Waals surface area contributed by atoms with Crippen LogP contribution in [0.5, 0.6) is 11.5 Å². The van der Waals surface area contributed by atoms with E-state index in [1.54, 1.807) is 58.3 Å². The second-order valence-electron chi connectivity index (χ2n) is 6.34. The predicted molar refractivity (Wildman–Crippen MR) is 114 cm³/mol. The first-order valence-corrected chi connectivity index (χ1v) is 9.97. The van der Waals surface area contributed by atoms with Crippen molar-refractivity contribution in [1.82, 2.24) is 9.80 Å². The zero-order chi connectivity index (χ0) is 21.2. The maximum atomic E-state index is 12.3. The zero-order valence-electron chi connectivity index (χ0n) is 17.6. The summed E-state index contributed by atoms with van der Waals surface area (Å²) < 4.78 is 10.9. The molecular formula is C22H28BN2O4. The molecule has 7 heteroatoms. The number of hydrogen-bond acceptors (Lipinski definition) is 4. The van der Waals surface area contributed by atoms with E-state index in [-0.39, 0.29) is 11.8 Å². The Morgan fingerprint density at radius 2 is 0.966 bits per heavy atom. The maximum Gasteiger partial charge on any atom is 0.658 e. The van der Waals surface area contributed by atoms with Gasteiger partial charge in [-0.25, -0.2) is 0 Å². The Labute approximate surface area is 173 Å². The first-order chi connectivity index (χ1) is 14.0. The third-order valence-electron chi connectivity index (χ3n) is 4.67. The van der Waals surface area contributed by atoms with Gasteiger partial charge in [-0.15, -0.1) is 0 Å². The van der Waals surface area contributed by atoms with Gasteiger partial charge in [-0.1, -0.05) is 0 Å². The van der Waals surface area contributed by atoms with Crippen molar-refractivity contribution < 1.29 is 18.9 Å². The van der Waals surface area contributed by atoms with E-state index in [1.165, 1.54) is 7.69 Å². The molecule has 6 nitrogen and oxygen atoms in total. The van der Waals surface area contributed by atoms with Crippen LogP contribution in [-0.4, -0.2) is 55.5 Å². The molecule has 0 unspecified atom stereocenters. The summed E-state index contributed by atoms with van der Waals surface area (Å²) >= 11 is 0. The van der Waals surface area contributed by atoms with Crippen LogP contribution >= 0.6 is 0 Å². The van der Waals surface area contributed by atoms with Crippen molar-refractivity contribution >= 4 is 19.5 Å². The van der Waals surface area contributed by atoms with Crippen molar-refractivity contribution in [1.29, 1.82) is 0 Å². The standard InChI is InChI=1S/C22H28BN2O4/c1-5-24(6-2)21(26)17-9-13-19(14-10-17)28-23-29-20-15-11-18(12-16-20)22(27)25(7-3)8-4/h9-16H,5-8H2,1-4H3. The van der Waals surface area contributed by atoms with Gasteiger partial charge in [0.25, 0.3) is 11.8 Å². The minimum atomic E-state index is 0.00104. The lowest BCUT2D eigenvalue weighted by Gasteiger charge is -2.18. The zero-order valence-corrected chi connectivity index (χ0v) is 17.6. The van der Waals surface area contributed by atoms with E-state index in [4.69, 9.17) is 9.31 Å². The molecule has 0 aliphatic heterocycles. The fraction of sp³-hybridized carbons (Fsp3) is 0.364. The van der Waals surface area contributed by atoms with Gasteiger partial charge in [0.2, 0.25) is 0 Å². The lowest BCUT2D eigenvalue weighted by molar-refractivity contribution is 0.0765. The first kappa shape index (κ1) is 22.3. The summed E-state index contributed by atoms with van der Waals surface area (Å²) in [5.41, 5.74) is 1.24. The molecule has 1 radical (unpaired) electrons. The molecule has 2 rings (SSSR count). The predicted octanol–water partition coefficient (Wildman–Crippen LogP) is 3.64. The van der Waals surface area contributed by atoms with Gasteiger partial charge in [0, 0.05) is 37.3 Å². The highest BCUT2D eigenvalue weighted by Gasteiger charge is 2.13. The Balaban J connectivity index is 1.87. The molecule has 0 aliphatic carbocycles. The van der Waals surface area contributed by atoms with Crippen LogP contribution in [0.15, 0.2) is 48.5 Å². The average Bonchev–Trinajstić information content (AvgIpc) is 2.76. The van der Waals surface area contributed by atoms with E-state index >= 15 is 0 Å². The Bertz CT molecular complexity index is 718. The first-order valence-electron chi connectivity index (χ1n) is 9.97. The monoisotopic (exact) mass is 395 g/mol. The second-order valence-corrected chi connectivity index (χ2v) is 6.34. The van der Waals surface area contributed by atoms with Crippen LogP contribution < -0.4 is 9.31 Å². The van der Waals surface area contributed by atoms with Gasteiger partial charge in [0.15, 0.2) is 0 Å². The fourth-order valence-electron chi connectivity index (χ4n) is 2.87. The Morgan fingerprint density at radius 1 is 0.655 bits per heavy atom. The van der Waals surface area contributed by atoms with Gasteiger partial charge in [-0.3, -0.25) is 9.59 Å². The number of carbonyl (C=O) groups is 2. The van der Waals surface area contributed by atoms with Crippen molar-refractivity contribution in [3.05, 3.63) is 59.7 Å². The SMILES string of the molecule is CCN(CC)C(=O)c1ccc(O[B]Oc2ccc(C(=O)N(CC)CC)cc2)cc1. The Hall–Kier alpha value is -2.96. The van der Waals surface area contributed by atoms with Crippen molar-refractivity contribution in [2.75, 3.05) is 26.2 Å². The van der Waals surface area contributed by atoms with Crippen LogP contribution in [0, 0.1) is 0 Å². The molecule has 0 heterocycles. The molecule has 0 N–H and O–H groups in total. The minimum absolute atomic E-state index is 0.00104. The van der Waals surface area contributed by atoms with E-state index in [1.807, 2.05) is 27.7 Å². The molecular weight excluding hydrogens is 367 g/mol. The average molecular weight is 395 g/mol. The molecule has 2 aromatic carbocycles.